The Labute approximate surface area is 101 Å². The van der Waals surface area contributed by atoms with Gasteiger partial charge < -0.3 is 4.90 Å². The second kappa shape index (κ2) is 5.65. The molecule has 1 atom stereocenters. The standard InChI is InChI=1S/C13H16FN3/c14-11-3-5-13(6-4-11)17-9-1-2-12(10-17)16-8-7-15/h3-6,12,16H,1-2,8-10H2. The Bertz CT molecular complexity index is 396. The van der Waals surface area contributed by atoms with Crippen molar-refractivity contribution in [1.29, 1.82) is 5.26 Å². The summed E-state index contributed by atoms with van der Waals surface area (Å²) in [6.07, 6.45) is 2.19. The summed E-state index contributed by atoms with van der Waals surface area (Å²) in [5.41, 5.74) is 1.05. The van der Waals surface area contributed by atoms with Crippen molar-refractivity contribution < 1.29 is 4.39 Å². The van der Waals surface area contributed by atoms with Gasteiger partial charge in [0.1, 0.15) is 5.82 Å². The largest absolute Gasteiger partial charge is 0.370 e. The first-order chi connectivity index (χ1) is 8.29. The number of hydrogen-bond donors (Lipinski definition) is 1. The van der Waals surface area contributed by atoms with Crippen molar-refractivity contribution in [2.75, 3.05) is 24.5 Å². The Morgan fingerprint density at radius 1 is 1.41 bits per heavy atom. The van der Waals surface area contributed by atoms with Gasteiger partial charge in [-0.25, -0.2) is 4.39 Å². The van der Waals surface area contributed by atoms with Crippen molar-refractivity contribution >= 4 is 5.69 Å². The number of nitrogens with zero attached hydrogens (tertiary/aromatic N) is 2. The maximum Gasteiger partial charge on any atom is 0.123 e. The summed E-state index contributed by atoms with van der Waals surface area (Å²) < 4.78 is 12.8. The van der Waals surface area contributed by atoms with Crippen molar-refractivity contribution in [3.05, 3.63) is 30.1 Å². The SMILES string of the molecule is N#CCNC1CCCN(c2ccc(F)cc2)C1. The number of halogens is 1. The molecule has 1 aliphatic rings. The van der Waals surface area contributed by atoms with Crippen LogP contribution in [0, 0.1) is 17.1 Å². The molecular formula is C13H16FN3. The molecule has 0 radical (unpaired) electrons. The number of nitrogens with one attached hydrogen (secondary N) is 1. The Morgan fingerprint density at radius 3 is 2.88 bits per heavy atom. The van der Waals surface area contributed by atoms with E-state index in [1.54, 1.807) is 0 Å². The normalized spacial score (nSPS) is 20.0. The molecule has 0 saturated carbocycles. The van der Waals surface area contributed by atoms with Crippen molar-refractivity contribution in [2.24, 2.45) is 0 Å². The summed E-state index contributed by atoms with van der Waals surface area (Å²) in [7, 11) is 0. The van der Waals surface area contributed by atoms with Crippen molar-refractivity contribution in [1.82, 2.24) is 5.32 Å². The van der Waals surface area contributed by atoms with Crippen LogP contribution in [0.5, 0.6) is 0 Å². The van der Waals surface area contributed by atoms with Crippen LogP contribution in [0.25, 0.3) is 0 Å². The quantitative estimate of drug-likeness (QED) is 0.810. The maximum absolute atomic E-state index is 12.8. The van der Waals surface area contributed by atoms with E-state index >= 15 is 0 Å². The minimum atomic E-state index is -0.204. The molecule has 1 N–H and O–H groups in total. The van der Waals surface area contributed by atoms with Crippen molar-refractivity contribution in [3.63, 3.8) is 0 Å². The van der Waals surface area contributed by atoms with Gasteiger partial charge in [0.2, 0.25) is 0 Å². The molecule has 17 heavy (non-hydrogen) atoms. The van der Waals surface area contributed by atoms with Gasteiger partial charge in [0.05, 0.1) is 12.6 Å². The lowest BCUT2D eigenvalue weighted by molar-refractivity contribution is 0.439. The first kappa shape index (κ1) is 11.9. The van der Waals surface area contributed by atoms with Gasteiger partial charge in [-0.3, -0.25) is 5.32 Å². The van der Waals surface area contributed by atoms with Crippen LogP contribution in [0.15, 0.2) is 24.3 Å². The van der Waals surface area contributed by atoms with Crippen LogP contribution >= 0.6 is 0 Å². The van der Waals surface area contributed by atoms with Crippen LogP contribution in [0.1, 0.15) is 12.8 Å². The van der Waals surface area contributed by atoms with Crippen LogP contribution in [0.4, 0.5) is 10.1 Å². The fourth-order valence-corrected chi connectivity index (χ4v) is 2.22. The van der Waals surface area contributed by atoms with E-state index in [0.29, 0.717) is 12.6 Å². The van der Waals surface area contributed by atoms with E-state index in [2.05, 4.69) is 16.3 Å². The van der Waals surface area contributed by atoms with Crippen molar-refractivity contribution in [3.8, 4) is 6.07 Å². The lowest BCUT2D eigenvalue weighted by Crippen LogP contribution is -2.45. The van der Waals surface area contributed by atoms with Gasteiger partial charge in [-0.1, -0.05) is 0 Å². The van der Waals surface area contributed by atoms with E-state index in [1.165, 1.54) is 12.1 Å². The van der Waals surface area contributed by atoms with Crippen LogP contribution in [-0.4, -0.2) is 25.7 Å². The van der Waals surface area contributed by atoms with E-state index in [4.69, 9.17) is 5.26 Å². The lowest BCUT2D eigenvalue weighted by Gasteiger charge is -2.34. The highest BCUT2D eigenvalue weighted by Crippen LogP contribution is 2.20. The fourth-order valence-electron chi connectivity index (χ4n) is 2.22. The fraction of sp³-hybridized carbons (Fsp3) is 0.462. The summed E-state index contributed by atoms with van der Waals surface area (Å²) in [5.74, 6) is -0.204. The van der Waals surface area contributed by atoms with E-state index in [0.717, 1.165) is 31.6 Å². The zero-order chi connectivity index (χ0) is 12.1. The van der Waals surface area contributed by atoms with Gasteiger partial charge in [0, 0.05) is 24.8 Å². The number of benzene rings is 1. The van der Waals surface area contributed by atoms with Crippen molar-refractivity contribution in [2.45, 2.75) is 18.9 Å². The van der Waals surface area contributed by atoms with Gasteiger partial charge in [0.15, 0.2) is 0 Å². The monoisotopic (exact) mass is 233 g/mol. The molecule has 1 saturated heterocycles. The van der Waals surface area contributed by atoms with Crippen LogP contribution in [0.3, 0.4) is 0 Å². The zero-order valence-electron chi connectivity index (χ0n) is 9.69. The molecule has 0 aliphatic carbocycles. The highest BCUT2D eigenvalue weighted by molar-refractivity contribution is 5.46. The molecule has 0 spiro atoms. The molecule has 2 rings (SSSR count). The van der Waals surface area contributed by atoms with E-state index in [1.807, 2.05) is 12.1 Å². The van der Waals surface area contributed by atoms with Gasteiger partial charge >= 0.3 is 0 Å². The molecule has 1 aliphatic heterocycles. The smallest absolute Gasteiger partial charge is 0.123 e. The van der Waals surface area contributed by atoms with Gasteiger partial charge in [0.25, 0.3) is 0 Å². The molecule has 90 valence electrons. The topological polar surface area (TPSA) is 39.1 Å². The predicted molar refractivity (Wildman–Crippen MR) is 65.3 cm³/mol. The van der Waals surface area contributed by atoms with Gasteiger partial charge in [-0.15, -0.1) is 0 Å². The number of anilines is 1. The van der Waals surface area contributed by atoms with E-state index in [9.17, 15) is 4.39 Å². The average molecular weight is 233 g/mol. The Hall–Kier alpha value is -1.60. The second-order valence-electron chi connectivity index (χ2n) is 4.30. The maximum atomic E-state index is 12.8. The number of rotatable bonds is 3. The Morgan fingerprint density at radius 2 is 2.18 bits per heavy atom. The summed E-state index contributed by atoms with van der Waals surface area (Å²) in [5, 5.41) is 11.7. The molecule has 1 unspecified atom stereocenters. The highest BCUT2D eigenvalue weighted by atomic mass is 19.1. The van der Waals surface area contributed by atoms with Gasteiger partial charge in [-0.2, -0.15) is 5.26 Å². The number of hydrogen-bond acceptors (Lipinski definition) is 3. The Balaban J connectivity index is 1.97. The third-order valence-corrected chi connectivity index (χ3v) is 3.08. The number of piperidine rings is 1. The molecule has 3 nitrogen and oxygen atoms in total. The molecule has 1 fully saturated rings. The van der Waals surface area contributed by atoms with E-state index < -0.39 is 0 Å². The summed E-state index contributed by atoms with van der Waals surface area (Å²) in [6.45, 7) is 2.27. The Kier molecular flexibility index (Phi) is 3.94. The van der Waals surface area contributed by atoms with Crippen LogP contribution in [0.2, 0.25) is 0 Å². The number of nitriles is 1. The van der Waals surface area contributed by atoms with Gasteiger partial charge in [-0.05, 0) is 37.1 Å². The molecular weight excluding hydrogens is 217 g/mol. The molecule has 0 aromatic heterocycles. The molecule has 1 aromatic carbocycles. The summed E-state index contributed by atoms with van der Waals surface area (Å²) in [6, 6.07) is 9.04. The third kappa shape index (κ3) is 3.18. The summed E-state index contributed by atoms with van der Waals surface area (Å²) >= 11 is 0. The molecule has 4 heteroatoms. The summed E-state index contributed by atoms with van der Waals surface area (Å²) in [4.78, 5) is 2.23. The second-order valence-corrected chi connectivity index (χ2v) is 4.30. The van der Waals surface area contributed by atoms with Crippen LogP contribution < -0.4 is 10.2 Å². The zero-order valence-corrected chi connectivity index (χ0v) is 9.69. The first-order valence-corrected chi connectivity index (χ1v) is 5.90. The molecule has 0 amide bonds. The molecule has 0 bridgehead atoms. The predicted octanol–water partition coefficient (Wildman–Crippen LogP) is 1.91. The molecule has 1 heterocycles. The minimum Gasteiger partial charge on any atom is -0.370 e. The molecule has 1 aromatic rings. The third-order valence-electron chi connectivity index (χ3n) is 3.08. The lowest BCUT2D eigenvalue weighted by atomic mass is 10.0. The average Bonchev–Trinajstić information content (AvgIpc) is 2.37. The minimum absolute atomic E-state index is 0.204. The van der Waals surface area contributed by atoms with Crippen LogP contribution in [-0.2, 0) is 0 Å². The first-order valence-electron chi connectivity index (χ1n) is 5.90. The highest BCUT2D eigenvalue weighted by Gasteiger charge is 2.19. The van der Waals surface area contributed by atoms with E-state index in [-0.39, 0.29) is 5.82 Å².